The highest BCUT2D eigenvalue weighted by Gasteiger charge is 2.11. The van der Waals surface area contributed by atoms with Crippen molar-refractivity contribution in [1.29, 1.82) is 0 Å². The van der Waals surface area contributed by atoms with Crippen LogP contribution in [0.4, 0.5) is 4.39 Å². The fourth-order valence-electron chi connectivity index (χ4n) is 1.16. The van der Waals surface area contributed by atoms with Gasteiger partial charge in [0.15, 0.2) is 0 Å². The van der Waals surface area contributed by atoms with E-state index >= 15 is 0 Å². The number of aliphatic hydroxyl groups is 1. The molecule has 0 aliphatic carbocycles. The largest absolute Gasteiger partial charge is 0.387 e. The van der Waals surface area contributed by atoms with Crippen molar-refractivity contribution in [2.75, 3.05) is 13.1 Å². The first-order valence-corrected chi connectivity index (χ1v) is 4.86. The van der Waals surface area contributed by atoms with Crippen molar-refractivity contribution in [2.45, 2.75) is 13.0 Å². The molecule has 2 nitrogen and oxygen atoms in total. The van der Waals surface area contributed by atoms with Gasteiger partial charge >= 0.3 is 0 Å². The van der Waals surface area contributed by atoms with Gasteiger partial charge < -0.3 is 10.4 Å². The van der Waals surface area contributed by atoms with Crippen molar-refractivity contribution in [3.8, 4) is 0 Å². The number of hydrogen-bond acceptors (Lipinski definition) is 2. The summed E-state index contributed by atoms with van der Waals surface area (Å²) in [5.74, 6) is -0.470. The molecule has 78 valence electrons. The zero-order chi connectivity index (χ0) is 10.6. The average molecular weight is 218 g/mol. The van der Waals surface area contributed by atoms with E-state index in [4.69, 9.17) is 11.6 Å². The molecule has 1 atom stereocenters. The summed E-state index contributed by atoms with van der Waals surface area (Å²) in [5.41, 5.74) is 0.273. The summed E-state index contributed by atoms with van der Waals surface area (Å²) in [6.07, 6.45) is -0.827. The lowest BCUT2D eigenvalue weighted by Crippen LogP contribution is -2.21. The number of hydrogen-bond donors (Lipinski definition) is 2. The van der Waals surface area contributed by atoms with Crippen LogP contribution < -0.4 is 5.32 Å². The van der Waals surface area contributed by atoms with Gasteiger partial charge in [0.05, 0.1) is 6.10 Å². The summed E-state index contributed by atoms with van der Waals surface area (Å²) in [6.45, 7) is 3.01. The van der Waals surface area contributed by atoms with Gasteiger partial charge in [-0.2, -0.15) is 0 Å². The first-order chi connectivity index (χ1) is 6.65. The Labute approximate surface area is 87.7 Å². The van der Waals surface area contributed by atoms with Gasteiger partial charge in [-0.05, 0) is 18.7 Å². The molecule has 2 N–H and O–H groups in total. The lowest BCUT2D eigenvalue weighted by atomic mass is 10.1. The Morgan fingerprint density at radius 1 is 1.57 bits per heavy atom. The molecule has 0 bridgehead atoms. The fraction of sp³-hybridized carbons (Fsp3) is 0.400. The molecule has 1 unspecified atom stereocenters. The average Bonchev–Trinajstić information content (AvgIpc) is 2.14. The van der Waals surface area contributed by atoms with Crippen molar-refractivity contribution in [3.05, 3.63) is 34.6 Å². The maximum absolute atomic E-state index is 13.3. The first-order valence-electron chi connectivity index (χ1n) is 4.49. The van der Waals surface area contributed by atoms with Gasteiger partial charge in [0.25, 0.3) is 0 Å². The molecule has 14 heavy (non-hydrogen) atoms. The SMILES string of the molecule is CCNCC(O)c1ccc(Cl)cc1F. The third kappa shape index (κ3) is 2.94. The van der Waals surface area contributed by atoms with Gasteiger partial charge in [-0.1, -0.05) is 24.6 Å². The summed E-state index contributed by atoms with van der Waals surface area (Å²) in [6, 6.07) is 4.26. The van der Waals surface area contributed by atoms with Crippen LogP contribution in [0, 0.1) is 5.82 Å². The van der Waals surface area contributed by atoms with E-state index in [9.17, 15) is 9.50 Å². The Morgan fingerprint density at radius 2 is 2.29 bits per heavy atom. The number of likely N-dealkylation sites (N-methyl/N-ethyl adjacent to an activating group) is 1. The number of benzene rings is 1. The number of aliphatic hydroxyl groups excluding tert-OH is 1. The summed E-state index contributed by atoms with van der Waals surface area (Å²) in [7, 11) is 0. The Bertz CT molecular complexity index is 306. The van der Waals surface area contributed by atoms with Crippen LogP contribution in [0.1, 0.15) is 18.6 Å². The quantitative estimate of drug-likeness (QED) is 0.810. The second-order valence-electron chi connectivity index (χ2n) is 2.99. The van der Waals surface area contributed by atoms with E-state index in [1.54, 1.807) is 6.07 Å². The van der Waals surface area contributed by atoms with Crippen LogP contribution in [0.25, 0.3) is 0 Å². The van der Waals surface area contributed by atoms with Gasteiger partial charge in [0, 0.05) is 17.1 Å². The van der Waals surface area contributed by atoms with Gasteiger partial charge in [0.1, 0.15) is 5.82 Å². The van der Waals surface area contributed by atoms with Crippen molar-refractivity contribution in [1.82, 2.24) is 5.32 Å². The van der Waals surface area contributed by atoms with Crippen molar-refractivity contribution >= 4 is 11.6 Å². The predicted molar refractivity (Wildman–Crippen MR) is 54.9 cm³/mol. The minimum Gasteiger partial charge on any atom is -0.387 e. The van der Waals surface area contributed by atoms with E-state index in [1.165, 1.54) is 12.1 Å². The summed E-state index contributed by atoms with van der Waals surface area (Å²) in [5, 5.41) is 12.9. The van der Waals surface area contributed by atoms with Gasteiger partial charge in [-0.15, -0.1) is 0 Å². The molecule has 0 radical (unpaired) electrons. The summed E-state index contributed by atoms with van der Waals surface area (Å²) >= 11 is 5.59. The monoisotopic (exact) mass is 217 g/mol. The Balaban J connectivity index is 2.74. The molecule has 0 aliphatic rings. The highest BCUT2D eigenvalue weighted by molar-refractivity contribution is 6.30. The van der Waals surface area contributed by atoms with Crippen molar-refractivity contribution < 1.29 is 9.50 Å². The molecule has 4 heteroatoms. The maximum atomic E-state index is 13.3. The van der Waals surface area contributed by atoms with E-state index in [-0.39, 0.29) is 5.56 Å². The van der Waals surface area contributed by atoms with Crippen LogP contribution in [0.15, 0.2) is 18.2 Å². The van der Waals surface area contributed by atoms with E-state index in [0.717, 1.165) is 6.54 Å². The van der Waals surface area contributed by atoms with E-state index in [2.05, 4.69) is 5.32 Å². The topological polar surface area (TPSA) is 32.3 Å². The van der Waals surface area contributed by atoms with Gasteiger partial charge in [-0.25, -0.2) is 4.39 Å². The molecule has 0 fully saturated rings. The third-order valence-corrected chi connectivity index (χ3v) is 2.14. The molecule has 0 saturated carbocycles. The molecule has 0 amide bonds. The van der Waals surface area contributed by atoms with Crippen LogP contribution in [0.2, 0.25) is 5.02 Å². The lowest BCUT2D eigenvalue weighted by molar-refractivity contribution is 0.171. The molecule has 0 aromatic heterocycles. The highest BCUT2D eigenvalue weighted by Crippen LogP contribution is 2.20. The van der Waals surface area contributed by atoms with Gasteiger partial charge in [0.2, 0.25) is 0 Å². The maximum Gasteiger partial charge on any atom is 0.130 e. The predicted octanol–water partition coefficient (Wildman–Crippen LogP) is 2.12. The Kier molecular flexibility index (Phi) is 4.32. The molecule has 0 aliphatic heterocycles. The van der Waals surface area contributed by atoms with E-state index in [1.807, 2.05) is 6.92 Å². The first kappa shape index (κ1) is 11.4. The third-order valence-electron chi connectivity index (χ3n) is 1.91. The molecule has 0 saturated heterocycles. The molecule has 0 spiro atoms. The highest BCUT2D eigenvalue weighted by atomic mass is 35.5. The minimum absolute atomic E-state index is 0.273. The number of nitrogens with one attached hydrogen (secondary N) is 1. The Morgan fingerprint density at radius 3 is 2.86 bits per heavy atom. The fourth-order valence-corrected chi connectivity index (χ4v) is 1.32. The standard InChI is InChI=1S/C10H13ClFNO/c1-2-13-6-10(14)8-4-3-7(11)5-9(8)12/h3-5,10,13-14H,2,6H2,1H3. The second-order valence-corrected chi connectivity index (χ2v) is 3.43. The van der Waals surface area contributed by atoms with Crippen LogP contribution in [0.5, 0.6) is 0 Å². The summed E-state index contributed by atoms with van der Waals surface area (Å²) in [4.78, 5) is 0. The van der Waals surface area contributed by atoms with E-state index in [0.29, 0.717) is 11.6 Å². The second kappa shape index (κ2) is 5.29. The summed E-state index contributed by atoms with van der Waals surface area (Å²) < 4.78 is 13.3. The minimum atomic E-state index is -0.827. The van der Waals surface area contributed by atoms with Crippen molar-refractivity contribution in [3.63, 3.8) is 0 Å². The van der Waals surface area contributed by atoms with Crippen molar-refractivity contribution in [2.24, 2.45) is 0 Å². The van der Waals surface area contributed by atoms with Crippen LogP contribution >= 0.6 is 11.6 Å². The molecular formula is C10H13ClFNO. The zero-order valence-electron chi connectivity index (χ0n) is 7.93. The van der Waals surface area contributed by atoms with Crippen LogP contribution in [0.3, 0.4) is 0 Å². The number of rotatable bonds is 4. The smallest absolute Gasteiger partial charge is 0.130 e. The lowest BCUT2D eigenvalue weighted by Gasteiger charge is -2.12. The van der Waals surface area contributed by atoms with Crippen LogP contribution in [-0.2, 0) is 0 Å². The normalized spacial score (nSPS) is 12.9. The molecular weight excluding hydrogens is 205 g/mol. The zero-order valence-corrected chi connectivity index (χ0v) is 8.68. The van der Waals surface area contributed by atoms with Crippen LogP contribution in [-0.4, -0.2) is 18.2 Å². The molecule has 1 aromatic rings. The number of halogens is 2. The van der Waals surface area contributed by atoms with Gasteiger partial charge in [-0.3, -0.25) is 0 Å². The molecule has 1 rings (SSSR count). The Hall–Kier alpha value is -0.640. The molecule has 1 aromatic carbocycles. The van der Waals surface area contributed by atoms with E-state index < -0.39 is 11.9 Å². The molecule has 0 heterocycles.